The summed E-state index contributed by atoms with van der Waals surface area (Å²) in [6.07, 6.45) is 4.55. The van der Waals surface area contributed by atoms with Gasteiger partial charge in [0.25, 0.3) is 0 Å². The number of hydrogen-bond acceptors (Lipinski definition) is 6. The molecule has 5 aliphatic rings. The molecule has 0 amide bonds. The molecule has 0 spiro atoms. The highest BCUT2D eigenvalue weighted by Crippen LogP contribution is 2.53. The molecule has 5 heterocycles. The second kappa shape index (κ2) is 11.9. The van der Waals surface area contributed by atoms with E-state index in [-0.39, 0.29) is 42.2 Å². The largest absolute Gasteiger partial charge is 0.346 e. The zero-order valence-corrected chi connectivity index (χ0v) is 30.7. The number of anilines is 5. The van der Waals surface area contributed by atoms with Crippen LogP contribution >= 0.6 is 70.4 Å². The molecule has 0 aliphatic carbocycles. The smallest absolute Gasteiger partial charge is 0.126 e. The Labute approximate surface area is 302 Å². The number of likely N-dealkylation sites (N-methyl/N-ethyl adjacent to an activating group) is 1. The fourth-order valence-electron chi connectivity index (χ4n) is 7.96. The van der Waals surface area contributed by atoms with Gasteiger partial charge in [-0.1, -0.05) is 64.1 Å². The van der Waals surface area contributed by atoms with Crippen molar-refractivity contribution < 1.29 is 0 Å². The lowest BCUT2D eigenvalue weighted by Crippen LogP contribution is -2.62. The maximum Gasteiger partial charge on any atom is 0.126 e. The second-order valence-electron chi connectivity index (χ2n) is 12.2. The molecular weight excluding hydrogens is 761 g/mol. The average Bonchev–Trinajstić information content (AvgIpc) is 3.49. The van der Waals surface area contributed by atoms with Gasteiger partial charge in [0.15, 0.2) is 0 Å². The monoisotopic (exact) mass is 794 g/mol. The van der Waals surface area contributed by atoms with Crippen molar-refractivity contribution in [3.05, 3.63) is 97.2 Å². The highest BCUT2D eigenvalue weighted by molar-refractivity contribution is 14.0. The molecule has 0 bridgehead atoms. The zero-order chi connectivity index (χ0) is 30.4. The molecule has 3 unspecified atom stereocenters. The van der Waals surface area contributed by atoms with Crippen LogP contribution < -0.4 is 25.0 Å². The summed E-state index contributed by atoms with van der Waals surface area (Å²) < 4.78 is 0. The summed E-state index contributed by atoms with van der Waals surface area (Å²) in [5, 5.41) is 4.90. The second-order valence-corrected chi connectivity index (χ2v) is 13.8. The summed E-state index contributed by atoms with van der Waals surface area (Å²) in [4.78, 5) is 9.84. The number of rotatable bonds is 4. The predicted molar refractivity (Wildman–Crippen MR) is 201 cm³/mol. The van der Waals surface area contributed by atoms with E-state index in [0.717, 1.165) is 67.5 Å². The Hall–Kier alpha value is -2.01. The van der Waals surface area contributed by atoms with Gasteiger partial charge in [-0.05, 0) is 81.7 Å². The molecule has 11 heteroatoms. The highest BCUT2D eigenvalue weighted by Gasteiger charge is 2.51. The number of hydrazine groups is 1. The lowest BCUT2D eigenvalue weighted by Gasteiger charge is -2.52. The van der Waals surface area contributed by atoms with Crippen molar-refractivity contribution in [1.29, 1.82) is 0 Å². The van der Waals surface area contributed by atoms with Crippen LogP contribution in [0.3, 0.4) is 0 Å². The summed E-state index contributed by atoms with van der Waals surface area (Å²) in [6, 6.07) is 17.3. The number of nitrogens with zero attached hydrogens (tertiary/aromatic N) is 5. The average molecular weight is 796 g/mol. The van der Waals surface area contributed by atoms with Crippen molar-refractivity contribution in [2.45, 2.75) is 51.9 Å². The summed E-state index contributed by atoms with van der Waals surface area (Å²) in [7, 11) is 0. The number of nitrogens with one attached hydrogen (secondary N) is 1. The molecule has 1 N–H and O–H groups in total. The first-order valence-electron chi connectivity index (χ1n) is 15.4. The number of fused-ring (bicyclic) bond motifs is 9. The Morgan fingerprint density at radius 2 is 1.38 bits per heavy atom. The van der Waals surface area contributed by atoms with E-state index in [2.05, 4.69) is 81.1 Å². The minimum Gasteiger partial charge on any atom is -0.346 e. The molecule has 5 aliphatic heterocycles. The highest BCUT2D eigenvalue weighted by atomic mass is 127. The predicted octanol–water partition coefficient (Wildman–Crippen LogP) is 9.57. The van der Waals surface area contributed by atoms with E-state index in [1.54, 1.807) is 0 Å². The Kier molecular flexibility index (Phi) is 8.35. The van der Waals surface area contributed by atoms with Crippen LogP contribution in [0.2, 0.25) is 20.1 Å². The molecule has 3 atom stereocenters. The van der Waals surface area contributed by atoms with Crippen LogP contribution in [-0.4, -0.2) is 49.4 Å². The third-order valence-corrected chi connectivity index (χ3v) is 11.3. The van der Waals surface area contributed by atoms with Crippen molar-refractivity contribution in [1.82, 2.24) is 5.01 Å². The SMILES string of the molecule is CCN1C2=C3C=C4C5N(CC)c6cc(Cl)c(Cl)cc6N5CCC4N(Nc4ccc(C)cc4)C3CCN2c2cc(Cl)c(Cl)cc21.I. The van der Waals surface area contributed by atoms with E-state index in [0.29, 0.717) is 20.1 Å². The molecule has 1 saturated heterocycles. The summed E-state index contributed by atoms with van der Waals surface area (Å²) >= 11 is 26.3. The fourth-order valence-corrected chi connectivity index (χ4v) is 8.59. The minimum atomic E-state index is 0. The topological polar surface area (TPSA) is 28.2 Å². The molecule has 3 aromatic carbocycles. The van der Waals surface area contributed by atoms with Crippen molar-refractivity contribution in [3.8, 4) is 0 Å². The van der Waals surface area contributed by atoms with Crippen molar-refractivity contribution in [2.24, 2.45) is 0 Å². The number of benzene rings is 3. The molecule has 0 saturated carbocycles. The third kappa shape index (κ3) is 4.82. The maximum absolute atomic E-state index is 6.58. The van der Waals surface area contributed by atoms with Crippen LogP contribution in [0.15, 0.2) is 71.6 Å². The fraction of sp³-hybridized carbons (Fsp3) is 0.353. The van der Waals surface area contributed by atoms with Gasteiger partial charge >= 0.3 is 0 Å². The van der Waals surface area contributed by atoms with E-state index in [9.17, 15) is 0 Å². The van der Waals surface area contributed by atoms with Crippen LogP contribution in [0.25, 0.3) is 0 Å². The van der Waals surface area contributed by atoms with E-state index in [4.69, 9.17) is 46.4 Å². The molecule has 45 heavy (non-hydrogen) atoms. The zero-order valence-electron chi connectivity index (χ0n) is 25.3. The third-order valence-electron chi connectivity index (χ3n) is 9.87. The van der Waals surface area contributed by atoms with Gasteiger partial charge in [-0.25, -0.2) is 5.01 Å². The first-order valence-corrected chi connectivity index (χ1v) is 16.9. The first-order chi connectivity index (χ1) is 21.3. The normalized spacial score (nSPS) is 23.1. The quantitative estimate of drug-likeness (QED) is 0.265. The van der Waals surface area contributed by atoms with E-state index >= 15 is 0 Å². The van der Waals surface area contributed by atoms with Gasteiger partial charge in [0, 0.05) is 37.4 Å². The molecule has 1 fully saturated rings. The summed E-state index contributed by atoms with van der Waals surface area (Å²) in [5.74, 6) is 1.22. The van der Waals surface area contributed by atoms with E-state index < -0.39 is 0 Å². The number of piperidine rings is 1. The molecule has 0 aromatic heterocycles. The van der Waals surface area contributed by atoms with Crippen LogP contribution in [0.5, 0.6) is 0 Å². The Morgan fingerprint density at radius 3 is 2.04 bits per heavy atom. The van der Waals surface area contributed by atoms with Crippen molar-refractivity contribution >= 4 is 98.8 Å². The summed E-state index contributed by atoms with van der Waals surface area (Å²) in [6.45, 7) is 10.1. The van der Waals surface area contributed by atoms with Gasteiger partial charge in [-0.2, -0.15) is 0 Å². The van der Waals surface area contributed by atoms with Gasteiger partial charge in [0.1, 0.15) is 12.0 Å². The van der Waals surface area contributed by atoms with Gasteiger partial charge in [0.05, 0.1) is 54.9 Å². The Morgan fingerprint density at radius 1 is 0.756 bits per heavy atom. The standard InChI is InChI=1S/C34H34Cl4N6.HI/c1-4-40-29-15-23(35)25(37)17-31(29)42-12-10-27-21(33(40)42)14-22-28(44(27)39-20-8-6-19(3)7-9-20)11-13-43-32-18-26(38)24(36)16-30(32)41(5-2)34(22)43;/h6-9,14-18,27-28,33,39H,4-5,10-13H2,1-3H3;1H. The minimum absolute atomic E-state index is 0. The van der Waals surface area contributed by atoms with Crippen molar-refractivity contribution in [2.75, 3.05) is 51.2 Å². The molecular formula is C34H35Cl4IN6. The van der Waals surface area contributed by atoms with Gasteiger partial charge in [-0.15, -0.1) is 24.0 Å². The number of halogens is 5. The number of aryl methyl sites for hydroxylation is 1. The first kappa shape index (κ1) is 31.6. The van der Waals surface area contributed by atoms with Crippen molar-refractivity contribution in [3.63, 3.8) is 0 Å². The Balaban J connectivity index is 0.00000325. The maximum atomic E-state index is 6.58. The number of hydrogen-bond donors (Lipinski definition) is 1. The molecule has 0 radical (unpaired) electrons. The van der Waals surface area contributed by atoms with Gasteiger partial charge in [0.2, 0.25) is 0 Å². The molecule has 6 nitrogen and oxygen atoms in total. The van der Waals surface area contributed by atoms with Crippen LogP contribution in [-0.2, 0) is 0 Å². The molecule has 3 aromatic rings. The van der Waals surface area contributed by atoms with E-state index in [1.807, 2.05) is 24.3 Å². The lowest BCUT2D eigenvalue weighted by atomic mass is 9.83. The molecule has 236 valence electrons. The Bertz CT molecular complexity index is 1690. The summed E-state index contributed by atoms with van der Waals surface area (Å²) in [5.41, 5.74) is 13.5. The van der Waals surface area contributed by atoms with E-state index in [1.165, 1.54) is 22.5 Å². The van der Waals surface area contributed by atoms with Crippen LogP contribution in [0.1, 0.15) is 32.3 Å². The molecule has 8 rings (SSSR count). The van der Waals surface area contributed by atoms with Gasteiger partial charge < -0.3 is 25.0 Å². The van der Waals surface area contributed by atoms with Gasteiger partial charge in [-0.3, -0.25) is 0 Å². The lowest BCUT2D eigenvalue weighted by molar-refractivity contribution is 0.173. The van der Waals surface area contributed by atoms with Crippen LogP contribution in [0.4, 0.5) is 28.4 Å². The van der Waals surface area contributed by atoms with Crippen LogP contribution in [0, 0.1) is 6.92 Å².